The number of furan rings is 1. The van der Waals surface area contributed by atoms with Crippen LogP contribution in [0.5, 0.6) is 0 Å². The van der Waals surface area contributed by atoms with E-state index in [2.05, 4.69) is 174 Å². The van der Waals surface area contributed by atoms with E-state index in [0.29, 0.717) is 0 Å². The maximum atomic E-state index is 6.71. The minimum absolute atomic E-state index is 0.225. The van der Waals surface area contributed by atoms with Crippen LogP contribution in [0.3, 0.4) is 0 Å². The standard InChI is InChI=1S/C49H28BNO/c1-5-17-38-30(12-1)37-28-29(51-44-22-9-3-14-32(44)35-25-26-36-33-15-4-10-23-45(33)52-48(36)47(35)51)24-27-39(37)49(38)40-18-6-8-21-43(40)50-42-20-7-2-13-31(42)34-16-11-19-41(49)46(34)50/h1-28H. The number of benzene rings is 8. The van der Waals surface area contributed by atoms with Crippen LogP contribution in [0, 0.1) is 0 Å². The highest BCUT2D eigenvalue weighted by atomic mass is 16.3. The van der Waals surface area contributed by atoms with Crippen molar-refractivity contribution >= 4 is 66.8 Å². The van der Waals surface area contributed by atoms with Crippen LogP contribution < -0.4 is 16.4 Å². The molecule has 0 amide bonds. The molecule has 1 atom stereocenters. The zero-order valence-corrected chi connectivity index (χ0v) is 28.1. The second-order valence-corrected chi connectivity index (χ2v) is 14.7. The quantitative estimate of drug-likeness (QED) is 0.161. The highest BCUT2D eigenvalue weighted by molar-refractivity contribution is 7.00. The molecule has 0 radical (unpaired) electrons. The Morgan fingerprint density at radius 1 is 0.442 bits per heavy atom. The van der Waals surface area contributed by atoms with Crippen LogP contribution >= 0.6 is 0 Å². The van der Waals surface area contributed by atoms with E-state index in [-0.39, 0.29) is 6.71 Å². The number of fused-ring (bicyclic) bond motifs is 19. The molecular formula is C49H28BNO. The largest absolute Gasteiger partial charge is 0.454 e. The van der Waals surface area contributed by atoms with E-state index in [1.165, 1.54) is 77.2 Å². The molecule has 1 aliphatic carbocycles. The number of aromatic nitrogens is 1. The molecule has 10 aromatic rings. The van der Waals surface area contributed by atoms with Gasteiger partial charge < -0.3 is 8.98 Å². The lowest BCUT2D eigenvalue weighted by atomic mass is 9.32. The van der Waals surface area contributed by atoms with Crippen molar-refractivity contribution in [2.24, 2.45) is 0 Å². The van der Waals surface area contributed by atoms with E-state index >= 15 is 0 Å². The van der Waals surface area contributed by atoms with Crippen LogP contribution in [0.1, 0.15) is 22.3 Å². The van der Waals surface area contributed by atoms with Crippen molar-refractivity contribution < 1.29 is 4.42 Å². The van der Waals surface area contributed by atoms with E-state index in [0.717, 1.165) is 33.1 Å². The fourth-order valence-electron chi connectivity index (χ4n) is 10.6. The summed E-state index contributed by atoms with van der Waals surface area (Å²) in [7, 11) is 0. The molecule has 13 rings (SSSR count). The first-order chi connectivity index (χ1) is 25.8. The lowest BCUT2D eigenvalue weighted by Crippen LogP contribution is -2.59. The second kappa shape index (κ2) is 9.40. The Morgan fingerprint density at radius 2 is 1.12 bits per heavy atom. The van der Waals surface area contributed by atoms with Crippen molar-refractivity contribution in [3.63, 3.8) is 0 Å². The molecular weight excluding hydrogens is 629 g/mol. The van der Waals surface area contributed by atoms with Crippen molar-refractivity contribution in [2.45, 2.75) is 5.41 Å². The monoisotopic (exact) mass is 657 g/mol. The molecule has 0 saturated carbocycles. The molecule has 3 heteroatoms. The van der Waals surface area contributed by atoms with Crippen LogP contribution in [0.25, 0.3) is 71.7 Å². The predicted octanol–water partition coefficient (Wildman–Crippen LogP) is 9.86. The summed E-state index contributed by atoms with van der Waals surface area (Å²) < 4.78 is 9.14. The molecule has 1 spiro atoms. The van der Waals surface area contributed by atoms with Crippen LogP contribution in [-0.2, 0) is 5.41 Å². The van der Waals surface area contributed by atoms with E-state index in [9.17, 15) is 0 Å². The molecule has 0 N–H and O–H groups in total. The lowest BCUT2D eigenvalue weighted by Gasteiger charge is -2.42. The normalized spacial score (nSPS) is 16.1. The first-order valence-electron chi connectivity index (χ1n) is 18.2. The van der Waals surface area contributed by atoms with Gasteiger partial charge in [0.25, 0.3) is 0 Å². The topological polar surface area (TPSA) is 18.1 Å². The smallest absolute Gasteiger partial charge is 0.243 e. The molecule has 3 aliphatic rings. The molecule has 1 unspecified atom stereocenters. The van der Waals surface area contributed by atoms with Crippen LogP contribution in [-0.4, -0.2) is 11.3 Å². The highest BCUT2D eigenvalue weighted by Crippen LogP contribution is 2.57. The number of hydrogen-bond acceptors (Lipinski definition) is 1. The van der Waals surface area contributed by atoms with Gasteiger partial charge >= 0.3 is 0 Å². The van der Waals surface area contributed by atoms with Gasteiger partial charge in [-0.15, -0.1) is 0 Å². The molecule has 0 saturated heterocycles. The average Bonchev–Trinajstić information content (AvgIpc) is 3.93. The number of rotatable bonds is 1. The minimum Gasteiger partial charge on any atom is -0.454 e. The number of hydrogen-bond donors (Lipinski definition) is 0. The van der Waals surface area contributed by atoms with Crippen molar-refractivity contribution in [3.8, 4) is 27.9 Å². The molecule has 52 heavy (non-hydrogen) atoms. The van der Waals surface area contributed by atoms with Gasteiger partial charge in [-0.1, -0.05) is 156 Å². The third-order valence-corrected chi connectivity index (χ3v) is 12.5. The van der Waals surface area contributed by atoms with Gasteiger partial charge in [-0.25, -0.2) is 0 Å². The summed E-state index contributed by atoms with van der Waals surface area (Å²) >= 11 is 0. The second-order valence-electron chi connectivity index (χ2n) is 14.7. The summed E-state index contributed by atoms with van der Waals surface area (Å²) in [5, 5.41) is 4.72. The zero-order chi connectivity index (χ0) is 33.7. The summed E-state index contributed by atoms with van der Waals surface area (Å²) in [4.78, 5) is 0. The Morgan fingerprint density at radius 3 is 2.04 bits per heavy atom. The predicted molar refractivity (Wildman–Crippen MR) is 215 cm³/mol. The maximum Gasteiger partial charge on any atom is 0.243 e. The van der Waals surface area contributed by atoms with Crippen LogP contribution in [0.2, 0.25) is 0 Å². The first-order valence-corrected chi connectivity index (χ1v) is 18.2. The Kier molecular flexibility index (Phi) is 4.91. The van der Waals surface area contributed by atoms with Crippen molar-refractivity contribution in [3.05, 3.63) is 192 Å². The van der Waals surface area contributed by atoms with Crippen molar-refractivity contribution in [1.82, 2.24) is 4.57 Å². The summed E-state index contributed by atoms with van der Waals surface area (Å²) in [5.41, 5.74) is 20.0. The van der Waals surface area contributed by atoms with Gasteiger partial charge in [0.2, 0.25) is 6.71 Å². The fourth-order valence-corrected chi connectivity index (χ4v) is 10.6. The molecule has 4 heterocycles. The van der Waals surface area contributed by atoms with Gasteiger partial charge in [0.05, 0.1) is 16.4 Å². The molecule has 0 bridgehead atoms. The van der Waals surface area contributed by atoms with Gasteiger partial charge in [-0.2, -0.15) is 0 Å². The maximum absolute atomic E-state index is 6.71. The molecule has 238 valence electrons. The molecule has 8 aromatic carbocycles. The molecule has 2 aliphatic heterocycles. The van der Waals surface area contributed by atoms with Gasteiger partial charge in [-0.05, 0) is 74.8 Å². The van der Waals surface area contributed by atoms with Crippen molar-refractivity contribution in [1.29, 1.82) is 0 Å². The zero-order valence-electron chi connectivity index (χ0n) is 28.1. The Labute approximate surface area is 300 Å². The van der Waals surface area contributed by atoms with Crippen molar-refractivity contribution in [2.75, 3.05) is 0 Å². The Hall–Kier alpha value is -6.58. The lowest BCUT2D eigenvalue weighted by molar-refractivity contribution is 0.671. The summed E-state index contributed by atoms with van der Waals surface area (Å²) in [6, 6.07) is 63.4. The summed E-state index contributed by atoms with van der Waals surface area (Å²) in [6.07, 6.45) is 0. The van der Waals surface area contributed by atoms with Gasteiger partial charge in [-0.3, -0.25) is 0 Å². The number of nitrogens with zero attached hydrogens (tertiary/aromatic N) is 1. The summed E-state index contributed by atoms with van der Waals surface area (Å²) in [6.45, 7) is 0.225. The van der Waals surface area contributed by atoms with Crippen LogP contribution in [0.4, 0.5) is 0 Å². The fraction of sp³-hybridized carbons (Fsp3) is 0.0204. The van der Waals surface area contributed by atoms with E-state index in [1.54, 1.807) is 0 Å². The van der Waals surface area contributed by atoms with Crippen LogP contribution in [0.15, 0.2) is 174 Å². The van der Waals surface area contributed by atoms with E-state index < -0.39 is 5.41 Å². The minimum atomic E-state index is -0.433. The average molecular weight is 658 g/mol. The Balaban J connectivity index is 1.14. The molecule has 0 fully saturated rings. The third kappa shape index (κ3) is 3.04. The van der Waals surface area contributed by atoms with Gasteiger partial charge in [0.15, 0.2) is 5.58 Å². The summed E-state index contributed by atoms with van der Waals surface area (Å²) in [5.74, 6) is 0. The van der Waals surface area contributed by atoms with E-state index in [4.69, 9.17) is 4.42 Å². The van der Waals surface area contributed by atoms with Gasteiger partial charge in [0, 0.05) is 27.2 Å². The van der Waals surface area contributed by atoms with Gasteiger partial charge in [0.1, 0.15) is 5.58 Å². The third-order valence-electron chi connectivity index (χ3n) is 12.5. The molecule has 2 nitrogen and oxygen atoms in total. The highest BCUT2D eigenvalue weighted by Gasteiger charge is 2.54. The number of para-hydroxylation sites is 2. The SMILES string of the molecule is c1ccc2c(c1)B1c3ccccc3C3(c4ccccc4-c4cc(-n5c6ccccc6c6ccc7c8ccccc8oc7c65)ccc43)c3cccc-2c31. The van der Waals surface area contributed by atoms with E-state index in [1.807, 2.05) is 0 Å². The Bertz CT molecular complexity index is 3220. The molecule has 2 aromatic heterocycles. The first kappa shape index (κ1) is 27.2.